The van der Waals surface area contributed by atoms with E-state index in [0.29, 0.717) is 6.42 Å². The SMILES string of the molecule is OC1C=C(Cc2ccc(F)c(F)c2)CCC1. The summed E-state index contributed by atoms with van der Waals surface area (Å²) >= 11 is 0. The minimum atomic E-state index is -0.818. The normalized spacial score (nSPS) is 20.7. The largest absolute Gasteiger partial charge is 0.389 e. The third kappa shape index (κ3) is 2.67. The van der Waals surface area contributed by atoms with E-state index in [4.69, 9.17) is 0 Å². The van der Waals surface area contributed by atoms with Crippen molar-refractivity contribution in [2.24, 2.45) is 0 Å². The molecule has 1 aliphatic rings. The third-order valence-electron chi connectivity index (χ3n) is 2.84. The Kier molecular flexibility index (Phi) is 3.34. The van der Waals surface area contributed by atoms with E-state index in [2.05, 4.69) is 0 Å². The van der Waals surface area contributed by atoms with Gasteiger partial charge in [0.2, 0.25) is 0 Å². The van der Waals surface area contributed by atoms with Crippen LogP contribution in [0.5, 0.6) is 0 Å². The molecule has 16 heavy (non-hydrogen) atoms. The van der Waals surface area contributed by atoms with Gasteiger partial charge in [0.25, 0.3) is 0 Å². The topological polar surface area (TPSA) is 20.2 Å². The fourth-order valence-corrected chi connectivity index (χ4v) is 2.04. The van der Waals surface area contributed by atoms with Crippen LogP contribution in [0.4, 0.5) is 8.78 Å². The zero-order valence-corrected chi connectivity index (χ0v) is 8.92. The van der Waals surface area contributed by atoms with E-state index in [1.165, 1.54) is 6.07 Å². The molecule has 0 radical (unpaired) electrons. The molecule has 0 heterocycles. The highest BCUT2D eigenvalue weighted by molar-refractivity contribution is 5.24. The van der Waals surface area contributed by atoms with Gasteiger partial charge < -0.3 is 5.11 Å². The Labute approximate surface area is 93.4 Å². The second-order valence-corrected chi connectivity index (χ2v) is 4.21. The summed E-state index contributed by atoms with van der Waals surface area (Å²) in [5, 5.41) is 9.45. The fourth-order valence-electron chi connectivity index (χ4n) is 2.04. The Bertz CT molecular complexity index is 412. The Balaban J connectivity index is 2.11. The standard InChI is InChI=1S/C13H14F2O/c14-12-5-4-10(8-13(12)15)6-9-2-1-3-11(16)7-9/h4-5,7-8,11,16H,1-3,6H2. The molecule has 0 saturated heterocycles. The van der Waals surface area contributed by atoms with Crippen LogP contribution in [0.3, 0.4) is 0 Å². The first-order valence-electron chi connectivity index (χ1n) is 5.47. The van der Waals surface area contributed by atoms with Crippen LogP contribution in [0.15, 0.2) is 29.8 Å². The van der Waals surface area contributed by atoms with Gasteiger partial charge in [-0.1, -0.05) is 17.7 Å². The summed E-state index contributed by atoms with van der Waals surface area (Å²) in [6.07, 6.45) is 4.71. The molecule has 3 heteroatoms. The molecule has 1 aromatic carbocycles. The predicted octanol–water partition coefficient (Wildman–Crippen LogP) is 2.98. The number of aliphatic hydroxyl groups is 1. The van der Waals surface area contributed by atoms with Gasteiger partial charge in [0, 0.05) is 0 Å². The molecule has 1 unspecified atom stereocenters. The van der Waals surface area contributed by atoms with Crippen molar-refractivity contribution < 1.29 is 13.9 Å². The number of hydrogen-bond acceptors (Lipinski definition) is 1. The summed E-state index contributed by atoms with van der Waals surface area (Å²) in [5.41, 5.74) is 1.85. The quantitative estimate of drug-likeness (QED) is 0.766. The molecule has 2 rings (SSSR count). The van der Waals surface area contributed by atoms with Gasteiger partial charge in [-0.25, -0.2) is 8.78 Å². The lowest BCUT2D eigenvalue weighted by Gasteiger charge is -2.17. The van der Waals surface area contributed by atoms with Crippen molar-refractivity contribution in [3.63, 3.8) is 0 Å². The van der Waals surface area contributed by atoms with Crippen LogP contribution in [0.2, 0.25) is 0 Å². The number of hydrogen-bond donors (Lipinski definition) is 1. The molecule has 0 fully saturated rings. The predicted molar refractivity (Wildman–Crippen MR) is 58.0 cm³/mol. The molecule has 0 aromatic heterocycles. The maximum absolute atomic E-state index is 13.0. The summed E-state index contributed by atoms with van der Waals surface area (Å²) in [6, 6.07) is 3.95. The van der Waals surface area contributed by atoms with Gasteiger partial charge in [0.1, 0.15) is 0 Å². The summed E-state index contributed by atoms with van der Waals surface area (Å²) in [6.45, 7) is 0. The van der Waals surface area contributed by atoms with E-state index in [1.54, 1.807) is 6.07 Å². The zero-order chi connectivity index (χ0) is 11.5. The molecule has 1 atom stereocenters. The molecular weight excluding hydrogens is 210 g/mol. The highest BCUT2D eigenvalue weighted by Gasteiger charge is 2.11. The van der Waals surface area contributed by atoms with E-state index >= 15 is 0 Å². The van der Waals surface area contributed by atoms with Crippen molar-refractivity contribution in [1.29, 1.82) is 0 Å². The van der Waals surface area contributed by atoms with Crippen LogP contribution in [0.25, 0.3) is 0 Å². The Morgan fingerprint density at radius 1 is 1.25 bits per heavy atom. The van der Waals surface area contributed by atoms with Gasteiger partial charge in [-0.15, -0.1) is 0 Å². The highest BCUT2D eigenvalue weighted by Crippen LogP contribution is 2.22. The summed E-state index contributed by atoms with van der Waals surface area (Å²) < 4.78 is 25.7. The zero-order valence-electron chi connectivity index (χ0n) is 8.92. The summed E-state index contributed by atoms with van der Waals surface area (Å²) in [5.74, 6) is -1.63. The van der Waals surface area contributed by atoms with Gasteiger partial charge >= 0.3 is 0 Å². The lowest BCUT2D eigenvalue weighted by molar-refractivity contribution is 0.202. The van der Waals surface area contributed by atoms with Gasteiger partial charge in [-0.05, 0) is 43.4 Å². The molecule has 1 N–H and O–H groups in total. The highest BCUT2D eigenvalue weighted by atomic mass is 19.2. The van der Waals surface area contributed by atoms with E-state index in [1.807, 2.05) is 6.08 Å². The van der Waals surface area contributed by atoms with Gasteiger partial charge in [0.05, 0.1) is 6.10 Å². The van der Waals surface area contributed by atoms with Crippen molar-refractivity contribution in [3.8, 4) is 0 Å². The second kappa shape index (κ2) is 4.74. The van der Waals surface area contributed by atoms with Crippen LogP contribution < -0.4 is 0 Å². The lowest BCUT2D eigenvalue weighted by Crippen LogP contribution is -2.10. The van der Waals surface area contributed by atoms with Crippen LogP contribution in [0.1, 0.15) is 24.8 Å². The lowest BCUT2D eigenvalue weighted by atomic mass is 9.93. The van der Waals surface area contributed by atoms with Crippen LogP contribution in [0, 0.1) is 11.6 Å². The van der Waals surface area contributed by atoms with Gasteiger partial charge in [-0.2, -0.15) is 0 Å². The molecule has 0 saturated carbocycles. The molecule has 0 bridgehead atoms. The average Bonchev–Trinajstić information content (AvgIpc) is 2.24. The first kappa shape index (κ1) is 11.3. The first-order chi connectivity index (χ1) is 7.65. The van der Waals surface area contributed by atoms with E-state index in [-0.39, 0.29) is 6.10 Å². The number of benzene rings is 1. The fraction of sp³-hybridized carbons (Fsp3) is 0.385. The van der Waals surface area contributed by atoms with Gasteiger partial charge in [-0.3, -0.25) is 0 Å². The van der Waals surface area contributed by atoms with Crippen molar-refractivity contribution in [1.82, 2.24) is 0 Å². The Morgan fingerprint density at radius 3 is 2.75 bits per heavy atom. The monoisotopic (exact) mass is 224 g/mol. The van der Waals surface area contributed by atoms with Crippen molar-refractivity contribution in [3.05, 3.63) is 47.0 Å². The minimum Gasteiger partial charge on any atom is -0.389 e. The summed E-state index contributed by atoms with van der Waals surface area (Å²) in [4.78, 5) is 0. The van der Waals surface area contributed by atoms with Gasteiger partial charge in [0.15, 0.2) is 11.6 Å². The van der Waals surface area contributed by atoms with E-state index in [9.17, 15) is 13.9 Å². The third-order valence-corrected chi connectivity index (χ3v) is 2.84. The van der Waals surface area contributed by atoms with Crippen LogP contribution in [-0.4, -0.2) is 11.2 Å². The Hall–Kier alpha value is -1.22. The summed E-state index contributed by atoms with van der Waals surface area (Å²) in [7, 11) is 0. The first-order valence-corrected chi connectivity index (χ1v) is 5.47. The average molecular weight is 224 g/mol. The molecule has 1 aliphatic carbocycles. The molecule has 0 amide bonds. The smallest absolute Gasteiger partial charge is 0.159 e. The van der Waals surface area contributed by atoms with Crippen LogP contribution in [-0.2, 0) is 6.42 Å². The maximum Gasteiger partial charge on any atom is 0.159 e. The number of aliphatic hydroxyl groups excluding tert-OH is 1. The molecule has 0 aliphatic heterocycles. The maximum atomic E-state index is 13.0. The molecule has 0 spiro atoms. The number of halogens is 2. The minimum absolute atomic E-state index is 0.381. The molecule has 86 valence electrons. The Morgan fingerprint density at radius 2 is 2.06 bits per heavy atom. The second-order valence-electron chi connectivity index (χ2n) is 4.21. The number of allylic oxidation sites excluding steroid dienone is 1. The van der Waals surface area contributed by atoms with E-state index in [0.717, 1.165) is 36.5 Å². The van der Waals surface area contributed by atoms with E-state index < -0.39 is 11.6 Å². The molecule has 1 aromatic rings. The number of rotatable bonds is 2. The van der Waals surface area contributed by atoms with Crippen molar-refractivity contribution in [2.75, 3.05) is 0 Å². The molecule has 1 nitrogen and oxygen atoms in total. The van der Waals surface area contributed by atoms with Crippen molar-refractivity contribution >= 4 is 0 Å². The van der Waals surface area contributed by atoms with Crippen molar-refractivity contribution in [2.45, 2.75) is 31.8 Å². The molecular formula is C13H14F2O. The van der Waals surface area contributed by atoms with Crippen LogP contribution >= 0.6 is 0 Å².